The summed E-state index contributed by atoms with van der Waals surface area (Å²) in [5.41, 5.74) is 1.46. The second kappa shape index (κ2) is 6.90. The summed E-state index contributed by atoms with van der Waals surface area (Å²) in [6.07, 6.45) is 2.29. The number of rotatable bonds is 5. The van der Waals surface area contributed by atoms with Crippen LogP contribution in [0.5, 0.6) is 0 Å². The number of nitrogens with one attached hydrogen (secondary N) is 1. The molecule has 0 saturated carbocycles. The SMILES string of the molecule is CCNC(Cc1ccc(Br)cn1)c1cc(F)cc(F)c1. The highest BCUT2D eigenvalue weighted by Gasteiger charge is 2.14. The van der Waals surface area contributed by atoms with Crippen LogP contribution < -0.4 is 5.32 Å². The molecule has 2 rings (SSSR count). The number of halogens is 3. The van der Waals surface area contributed by atoms with Crippen molar-refractivity contribution < 1.29 is 8.78 Å². The van der Waals surface area contributed by atoms with Crippen molar-refractivity contribution in [1.82, 2.24) is 10.3 Å². The number of aromatic nitrogens is 1. The second-order valence-electron chi connectivity index (χ2n) is 4.48. The van der Waals surface area contributed by atoms with Crippen molar-refractivity contribution in [1.29, 1.82) is 0 Å². The van der Waals surface area contributed by atoms with Crippen molar-refractivity contribution in [3.05, 3.63) is 63.9 Å². The van der Waals surface area contributed by atoms with E-state index in [9.17, 15) is 8.78 Å². The lowest BCUT2D eigenvalue weighted by Gasteiger charge is -2.18. The first kappa shape index (κ1) is 15.1. The van der Waals surface area contributed by atoms with Gasteiger partial charge in [0.05, 0.1) is 0 Å². The van der Waals surface area contributed by atoms with Gasteiger partial charge in [0.1, 0.15) is 11.6 Å². The average Bonchev–Trinajstić information content (AvgIpc) is 2.39. The van der Waals surface area contributed by atoms with Gasteiger partial charge < -0.3 is 5.32 Å². The van der Waals surface area contributed by atoms with E-state index in [-0.39, 0.29) is 6.04 Å². The second-order valence-corrected chi connectivity index (χ2v) is 5.40. The standard InChI is InChI=1S/C15H15BrF2N2/c1-2-19-15(8-14-4-3-11(16)9-20-14)10-5-12(17)7-13(18)6-10/h3-7,9,15,19H,2,8H2,1H3. The van der Waals surface area contributed by atoms with Crippen LogP contribution in [-0.2, 0) is 6.42 Å². The normalized spacial score (nSPS) is 12.4. The predicted molar refractivity (Wildman–Crippen MR) is 78.4 cm³/mol. The highest BCUT2D eigenvalue weighted by Crippen LogP contribution is 2.20. The molecule has 1 aromatic heterocycles. The van der Waals surface area contributed by atoms with Gasteiger partial charge in [-0.05, 0) is 52.3 Å². The van der Waals surface area contributed by atoms with Gasteiger partial charge in [0.15, 0.2) is 0 Å². The Hall–Kier alpha value is -1.33. The van der Waals surface area contributed by atoms with Crippen molar-refractivity contribution in [2.24, 2.45) is 0 Å². The van der Waals surface area contributed by atoms with E-state index >= 15 is 0 Å². The van der Waals surface area contributed by atoms with Crippen LogP contribution in [0.2, 0.25) is 0 Å². The van der Waals surface area contributed by atoms with Gasteiger partial charge >= 0.3 is 0 Å². The van der Waals surface area contributed by atoms with Crippen LogP contribution in [0.25, 0.3) is 0 Å². The van der Waals surface area contributed by atoms with Gasteiger partial charge in [0.2, 0.25) is 0 Å². The van der Waals surface area contributed by atoms with Gasteiger partial charge in [0.25, 0.3) is 0 Å². The highest BCUT2D eigenvalue weighted by atomic mass is 79.9. The minimum Gasteiger partial charge on any atom is -0.310 e. The van der Waals surface area contributed by atoms with Gasteiger partial charge in [-0.3, -0.25) is 4.98 Å². The lowest BCUT2D eigenvalue weighted by atomic mass is 10.0. The molecular weight excluding hydrogens is 326 g/mol. The zero-order valence-corrected chi connectivity index (χ0v) is 12.6. The number of nitrogens with zero attached hydrogens (tertiary/aromatic N) is 1. The fourth-order valence-electron chi connectivity index (χ4n) is 2.07. The Kier molecular flexibility index (Phi) is 5.20. The summed E-state index contributed by atoms with van der Waals surface area (Å²) in [6.45, 7) is 2.66. The highest BCUT2D eigenvalue weighted by molar-refractivity contribution is 9.10. The topological polar surface area (TPSA) is 24.9 Å². The quantitative estimate of drug-likeness (QED) is 0.889. The molecule has 0 radical (unpaired) electrons. The largest absolute Gasteiger partial charge is 0.310 e. The summed E-state index contributed by atoms with van der Waals surface area (Å²) in [4.78, 5) is 4.30. The monoisotopic (exact) mass is 340 g/mol. The van der Waals surface area contributed by atoms with Gasteiger partial charge in [-0.15, -0.1) is 0 Å². The first-order valence-corrected chi connectivity index (χ1v) is 7.17. The maximum atomic E-state index is 13.3. The number of hydrogen-bond acceptors (Lipinski definition) is 2. The Morgan fingerprint density at radius 1 is 1.20 bits per heavy atom. The molecule has 0 aliphatic heterocycles. The van der Waals surface area contributed by atoms with Crippen molar-refractivity contribution in [3.63, 3.8) is 0 Å². The third-order valence-electron chi connectivity index (χ3n) is 2.94. The summed E-state index contributed by atoms with van der Waals surface area (Å²) >= 11 is 3.33. The summed E-state index contributed by atoms with van der Waals surface area (Å²) in [6, 6.07) is 7.22. The molecule has 1 atom stereocenters. The molecule has 1 aromatic carbocycles. The van der Waals surface area contributed by atoms with Crippen LogP contribution in [0.4, 0.5) is 8.78 Å². The summed E-state index contributed by atoms with van der Waals surface area (Å²) in [5.74, 6) is -1.13. The zero-order chi connectivity index (χ0) is 14.5. The Morgan fingerprint density at radius 2 is 1.90 bits per heavy atom. The van der Waals surface area contributed by atoms with Gasteiger partial charge in [-0.1, -0.05) is 6.92 Å². The lowest BCUT2D eigenvalue weighted by molar-refractivity contribution is 0.525. The summed E-state index contributed by atoms with van der Waals surface area (Å²) in [5, 5.41) is 3.23. The van der Waals surface area contributed by atoms with Crippen LogP contribution in [0.15, 0.2) is 41.0 Å². The lowest BCUT2D eigenvalue weighted by Crippen LogP contribution is -2.23. The van der Waals surface area contributed by atoms with Crippen LogP contribution in [0.3, 0.4) is 0 Å². The molecule has 106 valence electrons. The molecule has 0 amide bonds. The Bertz CT molecular complexity index is 552. The molecule has 5 heteroatoms. The van der Waals surface area contributed by atoms with Crippen LogP contribution in [-0.4, -0.2) is 11.5 Å². The molecule has 2 aromatic rings. The van der Waals surface area contributed by atoms with Gasteiger partial charge in [0, 0.05) is 34.9 Å². The summed E-state index contributed by atoms with van der Waals surface area (Å²) in [7, 11) is 0. The minimum atomic E-state index is -0.563. The fraction of sp³-hybridized carbons (Fsp3) is 0.267. The van der Waals surface area contributed by atoms with Crippen molar-refractivity contribution in [2.45, 2.75) is 19.4 Å². The average molecular weight is 341 g/mol. The Balaban J connectivity index is 2.23. The molecule has 0 aliphatic rings. The smallest absolute Gasteiger partial charge is 0.126 e. The number of hydrogen-bond donors (Lipinski definition) is 1. The Morgan fingerprint density at radius 3 is 2.45 bits per heavy atom. The van der Waals surface area contributed by atoms with E-state index < -0.39 is 11.6 Å². The molecule has 2 nitrogen and oxygen atoms in total. The van der Waals surface area contributed by atoms with Gasteiger partial charge in [-0.25, -0.2) is 8.78 Å². The van der Waals surface area contributed by atoms with E-state index in [1.807, 2.05) is 19.1 Å². The fourth-order valence-corrected chi connectivity index (χ4v) is 2.30. The minimum absolute atomic E-state index is 0.168. The van der Waals surface area contributed by atoms with Crippen molar-refractivity contribution in [3.8, 4) is 0 Å². The van der Waals surface area contributed by atoms with Gasteiger partial charge in [-0.2, -0.15) is 0 Å². The third-order valence-corrected chi connectivity index (χ3v) is 3.41. The molecule has 20 heavy (non-hydrogen) atoms. The molecule has 1 N–H and O–H groups in total. The predicted octanol–water partition coefficient (Wildman–Crippen LogP) is 4.02. The number of benzene rings is 1. The third kappa shape index (κ3) is 4.08. The molecule has 0 aliphatic carbocycles. The molecule has 0 bridgehead atoms. The maximum Gasteiger partial charge on any atom is 0.126 e. The zero-order valence-electron chi connectivity index (χ0n) is 11.0. The first-order valence-electron chi connectivity index (χ1n) is 6.38. The van der Waals surface area contributed by atoms with Crippen LogP contribution in [0.1, 0.15) is 24.2 Å². The molecule has 0 fully saturated rings. The van der Waals surface area contributed by atoms with E-state index in [2.05, 4.69) is 26.2 Å². The molecule has 0 spiro atoms. The number of pyridine rings is 1. The molecule has 0 saturated heterocycles. The maximum absolute atomic E-state index is 13.3. The van der Waals surface area contributed by atoms with E-state index in [1.54, 1.807) is 6.20 Å². The number of likely N-dealkylation sites (N-methyl/N-ethyl adjacent to an activating group) is 1. The molecular formula is C15H15BrF2N2. The summed E-state index contributed by atoms with van der Waals surface area (Å²) < 4.78 is 27.6. The van der Waals surface area contributed by atoms with Crippen molar-refractivity contribution in [2.75, 3.05) is 6.54 Å². The van der Waals surface area contributed by atoms with E-state index in [0.717, 1.165) is 16.2 Å². The van der Waals surface area contributed by atoms with E-state index in [1.165, 1.54) is 12.1 Å². The molecule has 1 heterocycles. The van der Waals surface area contributed by atoms with E-state index in [0.29, 0.717) is 18.5 Å². The van der Waals surface area contributed by atoms with Crippen molar-refractivity contribution >= 4 is 15.9 Å². The Labute approximate surface area is 125 Å². The van der Waals surface area contributed by atoms with Crippen LogP contribution in [0, 0.1) is 11.6 Å². The van der Waals surface area contributed by atoms with E-state index in [4.69, 9.17) is 0 Å². The van der Waals surface area contributed by atoms with Crippen LogP contribution >= 0.6 is 15.9 Å². The first-order chi connectivity index (χ1) is 9.58. The molecule has 1 unspecified atom stereocenters.